The van der Waals surface area contributed by atoms with E-state index in [1.54, 1.807) is 0 Å². The van der Waals surface area contributed by atoms with E-state index >= 15 is 0 Å². The molecule has 2 aromatic rings. The summed E-state index contributed by atoms with van der Waals surface area (Å²) in [4.78, 5) is 2.64. The van der Waals surface area contributed by atoms with Crippen LogP contribution in [0.1, 0.15) is 22.3 Å². The number of aromatic hydroxyl groups is 2. The molecule has 0 aliphatic heterocycles. The minimum absolute atomic E-state index is 0.281. The van der Waals surface area contributed by atoms with Crippen LogP contribution >= 0.6 is 0 Å². The molecule has 0 spiro atoms. The first-order chi connectivity index (χ1) is 12.8. The highest BCUT2D eigenvalue weighted by Gasteiger charge is 2.12. The van der Waals surface area contributed by atoms with Crippen LogP contribution in [0.15, 0.2) is 34.1 Å². The first kappa shape index (κ1) is 26.7. The third-order valence-corrected chi connectivity index (χ3v) is 6.23. The highest BCUT2D eigenvalue weighted by molar-refractivity contribution is 7.95. The maximum Gasteiger partial charge on any atom is 0.155 e. The number of phenolic OH excluding ortho intramolecular Hbond substituents is 2. The average molecular weight is 428 g/mol. The van der Waals surface area contributed by atoms with Gasteiger partial charge in [0.2, 0.25) is 0 Å². The van der Waals surface area contributed by atoms with Crippen molar-refractivity contribution in [3.63, 3.8) is 0 Å². The van der Waals surface area contributed by atoms with Crippen LogP contribution in [0.4, 0.5) is 4.32 Å². The van der Waals surface area contributed by atoms with E-state index in [0.29, 0.717) is 11.5 Å². The minimum atomic E-state index is -3.17. The molecule has 2 N–H and O–H groups in total. The van der Waals surface area contributed by atoms with Crippen molar-refractivity contribution in [2.45, 2.75) is 37.5 Å². The van der Waals surface area contributed by atoms with E-state index in [9.17, 15) is 14.5 Å². The highest BCUT2D eigenvalue weighted by atomic mass is 32.2. The summed E-state index contributed by atoms with van der Waals surface area (Å²) in [6.45, 7) is 7.77. The maximum absolute atomic E-state index is 9.89. The molecule has 2 aromatic carbocycles. The van der Waals surface area contributed by atoms with Crippen LogP contribution in [0.3, 0.4) is 0 Å². The molecule has 4 nitrogen and oxygen atoms in total. The lowest BCUT2D eigenvalue weighted by Gasteiger charge is -2.09. The van der Waals surface area contributed by atoms with Crippen molar-refractivity contribution in [2.24, 2.45) is 0 Å². The summed E-state index contributed by atoms with van der Waals surface area (Å²) in [6, 6.07) is 8.24. The molecule has 0 atom stereocenters. The lowest BCUT2D eigenvalue weighted by atomic mass is 10.1. The van der Waals surface area contributed by atoms with Gasteiger partial charge in [0.05, 0.1) is 0 Å². The predicted molar refractivity (Wildman–Crippen MR) is 117 cm³/mol. The first-order valence-corrected chi connectivity index (χ1v) is 12.6. The number of aryl methyl sites for hydroxylation is 4. The third kappa shape index (κ3) is 9.23. The van der Waals surface area contributed by atoms with Gasteiger partial charge in [-0.3, -0.25) is 0 Å². The van der Waals surface area contributed by atoms with E-state index in [1.165, 1.54) is 9.79 Å². The molecule has 0 amide bonds. The Morgan fingerprint density at radius 1 is 0.679 bits per heavy atom. The van der Waals surface area contributed by atoms with Gasteiger partial charge in [0.1, 0.15) is 43.9 Å². The van der Waals surface area contributed by atoms with Gasteiger partial charge in [0, 0.05) is 21.8 Å². The van der Waals surface area contributed by atoms with Gasteiger partial charge in [-0.05, 0) is 74.2 Å². The van der Waals surface area contributed by atoms with Crippen LogP contribution < -0.4 is 10.0 Å². The quantitative estimate of drug-likeness (QED) is 0.567. The zero-order chi connectivity index (χ0) is 22.2. The largest absolute Gasteiger partial charge is 0.867 e. The lowest BCUT2D eigenvalue weighted by molar-refractivity contribution is -0.366. The van der Waals surface area contributed by atoms with Crippen LogP contribution in [0.2, 0.25) is 0 Å². The fourth-order valence-corrected chi connectivity index (χ4v) is 3.95. The molecule has 0 radical (unpaired) electrons. The van der Waals surface area contributed by atoms with Gasteiger partial charge in [0.25, 0.3) is 0 Å². The van der Waals surface area contributed by atoms with Crippen LogP contribution in [-0.2, 0) is 21.8 Å². The van der Waals surface area contributed by atoms with Gasteiger partial charge in [-0.2, -0.15) is 0 Å². The van der Waals surface area contributed by atoms with Crippen molar-refractivity contribution in [3.05, 3.63) is 46.5 Å². The molecule has 0 unspecified atom stereocenters. The average Bonchev–Trinajstić information content (AvgIpc) is 2.56. The van der Waals surface area contributed by atoms with E-state index < -0.39 is 7.40 Å². The van der Waals surface area contributed by atoms with Gasteiger partial charge in [-0.25, -0.2) is 0 Å². The van der Waals surface area contributed by atoms with E-state index in [1.807, 2.05) is 27.7 Å². The fourth-order valence-electron chi connectivity index (χ4n) is 2.30. The number of hydrogen-bond acceptors (Lipinski definition) is 4. The molecule has 28 heavy (non-hydrogen) atoms. The van der Waals surface area contributed by atoms with E-state index in [2.05, 4.69) is 49.3 Å². The summed E-state index contributed by atoms with van der Waals surface area (Å²) < 4.78 is 9.89. The van der Waals surface area contributed by atoms with Crippen LogP contribution in [-0.4, -0.2) is 42.6 Å². The summed E-state index contributed by atoms with van der Waals surface area (Å²) in [5.41, 5.74) is 3.91. The lowest BCUT2D eigenvalue weighted by Crippen LogP contribution is -2.39. The molecule has 0 bridgehead atoms. The Bertz CT molecular complexity index is 658. The molecule has 0 aliphatic carbocycles. The monoisotopic (exact) mass is 428 g/mol. The highest BCUT2D eigenvalue weighted by Crippen LogP contribution is 2.26. The molecule has 8 heteroatoms. The smallest absolute Gasteiger partial charge is 0.155 e. The van der Waals surface area contributed by atoms with E-state index in [4.69, 9.17) is 10.0 Å². The second-order valence-electron chi connectivity index (χ2n) is 6.72. The van der Waals surface area contributed by atoms with Gasteiger partial charge >= 0.3 is 0 Å². The maximum atomic E-state index is 9.89. The number of hydrogen-bond donors (Lipinski definition) is 2. The van der Waals surface area contributed by atoms with Crippen molar-refractivity contribution >= 4 is 29.2 Å². The van der Waals surface area contributed by atoms with Crippen molar-refractivity contribution in [2.75, 3.05) is 25.0 Å². The summed E-state index contributed by atoms with van der Waals surface area (Å²) in [5, 5.41) is 35.6. The molecule has 156 valence electrons. The Morgan fingerprint density at radius 2 is 0.857 bits per heavy atom. The molecule has 0 saturated carbocycles. The Kier molecular flexibility index (Phi) is 11.7. The number of benzene rings is 2. The van der Waals surface area contributed by atoms with Gasteiger partial charge in [-0.1, -0.05) is 0 Å². The zero-order valence-corrected chi connectivity index (χ0v) is 19.4. The Labute approximate surface area is 174 Å². The van der Waals surface area contributed by atoms with E-state index in [0.717, 1.165) is 22.3 Å². The molecule has 0 aliphatic rings. The number of halogens is 1. The Balaban J connectivity index is 0.000000439. The SMILES string of the molecule is Cc1cc([S+](C)C)cc(C)c1O.Cc1cc([S+](C)C)cc(C)c1O.[O-]B([O-])F. The zero-order valence-electron chi connectivity index (χ0n) is 17.8. The standard InChI is InChI=1S/2C10H14OS.BFO2/c2*1-7-5-9(12(3)4)6-8(2)10(7)11;2-1(3)4/h2*5-6H,1-4H3;/q;;-2/p+2. The van der Waals surface area contributed by atoms with E-state index in [-0.39, 0.29) is 21.8 Å². The van der Waals surface area contributed by atoms with Crippen molar-refractivity contribution in [1.29, 1.82) is 0 Å². The second kappa shape index (κ2) is 12.3. The van der Waals surface area contributed by atoms with Crippen molar-refractivity contribution in [1.82, 2.24) is 0 Å². The summed E-state index contributed by atoms with van der Waals surface area (Å²) in [5.74, 6) is 0.869. The number of rotatable bonds is 2. The van der Waals surface area contributed by atoms with Gasteiger partial charge < -0.3 is 24.6 Å². The minimum Gasteiger partial charge on any atom is -0.867 e. The Morgan fingerprint density at radius 3 is 1.00 bits per heavy atom. The predicted octanol–water partition coefficient (Wildman–Crippen LogP) is 2.15. The van der Waals surface area contributed by atoms with Crippen LogP contribution in [0.5, 0.6) is 11.5 Å². The van der Waals surface area contributed by atoms with Crippen molar-refractivity contribution in [3.8, 4) is 11.5 Å². The fraction of sp³-hybridized carbons (Fsp3) is 0.400. The summed E-state index contributed by atoms with van der Waals surface area (Å²) in [7, 11) is -2.60. The summed E-state index contributed by atoms with van der Waals surface area (Å²) in [6.07, 6.45) is 8.74. The third-order valence-electron chi connectivity index (χ3n) is 3.87. The second-order valence-corrected chi connectivity index (χ2v) is 10.9. The molecular formula is C20H30BFO4S2. The molecule has 0 fully saturated rings. The Hall–Kier alpha value is -1.35. The van der Waals surface area contributed by atoms with Crippen LogP contribution in [0, 0.1) is 27.7 Å². The summed E-state index contributed by atoms with van der Waals surface area (Å²) >= 11 is 0. The molecule has 0 heterocycles. The number of phenols is 2. The van der Waals surface area contributed by atoms with Crippen molar-refractivity contribution < 1.29 is 24.6 Å². The molecule has 0 aromatic heterocycles. The molecule has 0 saturated heterocycles. The molecule has 2 rings (SSSR count). The topological polar surface area (TPSA) is 86.6 Å². The van der Waals surface area contributed by atoms with Gasteiger partial charge in [0.15, 0.2) is 9.79 Å². The molecular weight excluding hydrogens is 398 g/mol. The van der Waals surface area contributed by atoms with Gasteiger partial charge in [-0.15, -0.1) is 0 Å². The normalized spacial score (nSPS) is 10.2. The van der Waals surface area contributed by atoms with Crippen LogP contribution in [0.25, 0.3) is 0 Å². The first-order valence-electron chi connectivity index (χ1n) is 8.49.